The number of nitrogens with one attached hydrogen (secondary N) is 1. The molecule has 0 aliphatic rings. The number of nitrogens with zero attached hydrogens (tertiary/aromatic N) is 3. The highest BCUT2D eigenvalue weighted by molar-refractivity contribution is 5.46. The lowest BCUT2D eigenvalue weighted by Crippen LogP contribution is -2.31. The number of hydrogen-bond donors (Lipinski definition) is 1. The third-order valence-corrected chi connectivity index (χ3v) is 2.87. The lowest BCUT2D eigenvalue weighted by Gasteiger charge is -2.20. The molecule has 0 bridgehead atoms. The summed E-state index contributed by atoms with van der Waals surface area (Å²) in [7, 11) is 0. The Hall–Kier alpha value is -2.17. The van der Waals surface area contributed by atoms with Gasteiger partial charge in [-0.1, -0.05) is 18.2 Å². The lowest BCUT2D eigenvalue weighted by molar-refractivity contribution is 0.622. The third-order valence-electron chi connectivity index (χ3n) is 2.87. The van der Waals surface area contributed by atoms with E-state index in [2.05, 4.69) is 15.3 Å². The van der Waals surface area contributed by atoms with Crippen molar-refractivity contribution < 1.29 is 0 Å². The molecular formula is C15H20N4O. The highest BCUT2D eigenvalue weighted by Gasteiger charge is 2.13. The molecule has 2 aromatic rings. The molecule has 2 rings (SSSR count). The van der Waals surface area contributed by atoms with Crippen LogP contribution in [0.25, 0.3) is 5.69 Å². The van der Waals surface area contributed by atoms with Crippen LogP contribution < -0.4 is 11.0 Å². The van der Waals surface area contributed by atoms with Crippen LogP contribution in [0.5, 0.6) is 0 Å². The van der Waals surface area contributed by atoms with E-state index in [9.17, 15) is 4.79 Å². The molecule has 0 atom stereocenters. The number of rotatable bonds is 2. The first kappa shape index (κ1) is 14.2. The van der Waals surface area contributed by atoms with Gasteiger partial charge in [-0.05, 0) is 45.7 Å². The molecule has 1 aromatic carbocycles. The Morgan fingerprint density at radius 3 is 2.25 bits per heavy atom. The molecule has 0 unspecified atom stereocenters. The van der Waals surface area contributed by atoms with Gasteiger partial charge in [-0.15, -0.1) is 0 Å². The zero-order valence-electron chi connectivity index (χ0n) is 12.6. The van der Waals surface area contributed by atoms with E-state index in [0.717, 1.165) is 16.8 Å². The number of aromatic nitrogens is 3. The summed E-state index contributed by atoms with van der Waals surface area (Å²) in [5, 5.41) is 3.09. The molecule has 0 fully saturated rings. The summed E-state index contributed by atoms with van der Waals surface area (Å²) in [5.41, 5.74) is 2.38. The highest BCUT2D eigenvalue weighted by atomic mass is 16.1. The number of aryl methyl sites for hydroxylation is 2. The summed E-state index contributed by atoms with van der Waals surface area (Å²) in [6.07, 6.45) is 1.53. The maximum Gasteiger partial charge on any atom is 0.356 e. The summed E-state index contributed by atoms with van der Waals surface area (Å²) in [6.45, 7) is 9.92. The second-order valence-electron chi connectivity index (χ2n) is 5.95. The Morgan fingerprint density at radius 1 is 1.15 bits per heavy atom. The largest absolute Gasteiger partial charge is 0.356 e. The van der Waals surface area contributed by atoms with Gasteiger partial charge in [0.1, 0.15) is 6.33 Å². The molecule has 0 spiro atoms. The zero-order chi connectivity index (χ0) is 14.9. The van der Waals surface area contributed by atoms with E-state index in [-0.39, 0.29) is 11.2 Å². The van der Waals surface area contributed by atoms with Gasteiger partial charge >= 0.3 is 5.69 Å². The molecule has 5 nitrogen and oxygen atoms in total. The fourth-order valence-corrected chi connectivity index (χ4v) is 2.07. The van der Waals surface area contributed by atoms with Gasteiger partial charge < -0.3 is 5.32 Å². The van der Waals surface area contributed by atoms with E-state index in [1.54, 1.807) is 0 Å². The molecule has 106 valence electrons. The smallest absolute Gasteiger partial charge is 0.349 e. The van der Waals surface area contributed by atoms with Crippen LogP contribution in [0.4, 0.5) is 5.95 Å². The molecule has 0 amide bonds. The van der Waals surface area contributed by atoms with E-state index >= 15 is 0 Å². The Morgan fingerprint density at radius 2 is 1.75 bits per heavy atom. The van der Waals surface area contributed by atoms with Gasteiger partial charge in [0.2, 0.25) is 5.95 Å². The number of anilines is 1. The van der Waals surface area contributed by atoms with Gasteiger partial charge in [0.05, 0.1) is 5.69 Å². The minimum atomic E-state index is -0.329. The zero-order valence-corrected chi connectivity index (χ0v) is 12.6. The summed E-state index contributed by atoms with van der Waals surface area (Å²) in [4.78, 5) is 20.4. The lowest BCUT2D eigenvalue weighted by atomic mass is 10.1. The summed E-state index contributed by atoms with van der Waals surface area (Å²) in [6, 6.07) is 5.90. The van der Waals surface area contributed by atoms with Gasteiger partial charge in [-0.3, -0.25) is 4.57 Å². The average molecular weight is 272 g/mol. The number of hydrogen-bond acceptors (Lipinski definition) is 4. The maximum absolute atomic E-state index is 12.2. The Labute approximate surface area is 118 Å². The van der Waals surface area contributed by atoms with Gasteiger partial charge in [0.15, 0.2) is 0 Å². The van der Waals surface area contributed by atoms with Crippen molar-refractivity contribution in [1.29, 1.82) is 0 Å². The van der Waals surface area contributed by atoms with Crippen LogP contribution in [-0.2, 0) is 0 Å². The normalized spacial score (nSPS) is 11.4. The first-order valence-corrected chi connectivity index (χ1v) is 6.58. The molecule has 0 radical (unpaired) electrons. The standard InChI is InChI=1S/C15H20N4O/c1-10-7-6-8-11(2)12(10)19-9-16-13(17-14(19)20)18-15(3,4)5/h6-9H,1-5H3,(H,17,18,20). The molecule has 0 saturated carbocycles. The van der Waals surface area contributed by atoms with E-state index in [4.69, 9.17) is 0 Å². The topological polar surface area (TPSA) is 59.8 Å². The molecule has 0 aliphatic carbocycles. The SMILES string of the molecule is Cc1cccc(C)c1-n1cnc(NC(C)(C)C)nc1=O. The second-order valence-corrected chi connectivity index (χ2v) is 5.95. The summed E-state index contributed by atoms with van der Waals surface area (Å²) < 4.78 is 1.48. The summed E-state index contributed by atoms with van der Waals surface area (Å²) in [5.74, 6) is 0.352. The molecule has 0 aliphatic heterocycles. The van der Waals surface area contributed by atoms with Crippen LogP contribution >= 0.6 is 0 Å². The maximum atomic E-state index is 12.2. The van der Waals surface area contributed by atoms with Crippen LogP contribution in [0.15, 0.2) is 29.3 Å². The molecule has 20 heavy (non-hydrogen) atoms. The van der Waals surface area contributed by atoms with Crippen LogP contribution in [0.1, 0.15) is 31.9 Å². The quantitative estimate of drug-likeness (QED) is 0.912. The predicted octanol–water partition coefficient (Wildman–Crippen LogP) is 2.45. The van der Waals surface area contributed by atoms with Gasteiger partial charge in [-0.25, -0.2) is 9.78 Å². The first-order chi connectivity index (χ1) is 9.28. The van der Waals surface area contributed by atoms with E-state index < -0.39 is 0 Å². The van der Waals surface area contributed by atoms with Crippen molar-refractivity contribution in [3.8, 4) is 5.69 Å². The Balaban J connectivity index is 2.48. The van der Waals surface area contributed by atoms with Crippen LogP contribution in [0, 0.1) is 13.8 Å². The number of para-hydroxylation sites is 1. The van der Waals surface area contributed by atoms with Gasteiger partial charge in [0, 0.05) is 5.54 Å². The minimum absolute atomic E-state index is 0.183. The van der Waals surface area contributed by atoms with Crippen molar-refractivity contribution in [2.75, 3.05) is 5.32 Å². The average Bonchev–Trinajstić information content (AvgIpc) is 2.29. The van der Waals surface area contributed by atoms with Crippen LogP contribution in [0.3, 0.4) is 0 Å². The van der Waals surface area contributed by atoms with Crippen molar-refractivity contribution >= 4 is 5.95 Å². The molecule has 0 saturated heterocycles. The van der Waals surface area contributed by atoms with Crippen molar-refractivity contribution in [3.05, 3.63) is 46.1 Å². The highest BCUT2D eigenvalue weighted by Crippen LogP contribution is 2.16. The molecule has 1 N–H and O–H groups in total. The van der Waals surface area contributed by atoms with Crippen molar-refractivity contribution in [2.45, 2.75) is 40.2 Å². The fourth-order valence-electron chi connectivity index (χ4n) is 2.07. The fraction of sp³-hybridized carbons (Fsp3) is 0.400. The monoisotopic (exact) mass is 272 g/mol. The predicted molar refractivity (Wildman–Crippen MR) is 80.5 cm³/mol. The van der Waals surface area contributed by atoms with Crippen molar-refractivity contribution in [3.63, 3.8) is 0 Å². The van der Waals surface area contributed by atoms with E-state index in [0.29, 0.717) is 5.95 Å². The molecular weight excluding hydrogens is 252 g/mol. The van der Waals surface area contributed by atoms with Gasteiger partial charge in [0.25, 0.3) is 0 Å². The van der Waals surface area contributed by atoms with E-state index in [1.807, 2.05) is 52.8 Å². The van der Waals surface area contributed by atoms with Crippen molar-refractivity contribution in [1.82, 2.24) is 14.5 Å². The minimum Gasteiger partial charge on any atom is -0.349 e. The molecule has 1 heterocycles. The van der Waals surface area contributed by atoms with Crippen molar-refractivity contribution in [2.24, 2.45) is 0 Å². The Bertz CT molecular complexity index is 663. The molecule has 1 aromatic heterocycles. The van der Waals surface area contributed by atoms with Crippen LogP contribution in [0.2, 0.25) is 0 Å². The molecule has 5 heteroatoms. The Kier molecular flexibility index (Phi) is 3.61. The first-order valence-electron chi connectivity index (χ1n) is 6.58. The van der Waals surface area contributed by atoms with Gasteiger partial charge in [-0.2, -0.15) is 4.98 Å². The van der Waals surface area contributed by atoms with E-state index in [1.165, 1.54) is 10.9 Å². The van der Waals surface area contributed by atoms with Crippen LogP contribution in [-0.4, -0.2) is 20.1 Å². The summed E-state index contributed by atoms with van der Waals surface area (Å²) >= 11 is 0. The third kappa shape index (κ3) is 3.04. The number of benzene rings is 1. The second kappa shape index (κ2) is 5.07.